The first-order valence-electron chi connectivity index (χ1n) is 12.4. The van der Waals surface area contributed by atoms with E-state index in [-0.39, 0.29) is 12.2 Å². The summed E-state index contributed by atoms with van der Waals surface area (Å²) >= 11 is 0. The van der Waals surface area contributed by atoms with Crippen molar-refractivity contribution in [3.63, 3.8) is 0 Å². The van der Waals surface area contributed by atoms with Gasteiger partial charge < -0.3 is 39.3 Å². The number of hydrazone groups is 1. The van der Waals surface area contributed by atoms with Crippen LogP contribution in [0.3, 0.4) is 0 Å². The highest BCUT2D eigenvalue weighted by Crippen LogP contribution is 2.34. The minimum Gasteiger partial charge on any atom is -0.490 e. The number of anilines is 1. The average Bonchev–Trinajstić information content (AvgIpc) is 3.36. The molecule has 0 unspecified atom stereocenters. The molecule has 2 aromatic rings. The third-order valence-electron chi connectivity index (χ3n) is 5.78. The number of allylic oxidation sites excluding steroid dienone is 1. The van der Waals surface area contributed by atoms with Gasteiger partial charge in [-0.2, -0.15) is 5.10 Å². The summed E-state index contributed by atoms with van der Waals surface area (Å²) in [6.07, 6.45) is 0.357. The molecule has 3 rings (SSSR count). The van der Waals surface area contributed by atoms with Gasteiger partial charge in [0.25, 0.3) is 0 Å². The van der Waals surface area contributed by atoms with Gasteiger partial charge in [-0.05, 0) is 51.5 Å². The second-order valence-electron chi connectivity index (χ2n) is 8.26. The number of aliphatic hydroxyl groups is 1. The lowest BCUT2D eigenvalue weighted by molar-refractivity contribution is -0.136. The fourth-order valence-corrected chi connectivity index (χ4v) is 3.93. The molecule has 0 radical (unpaired) electrons. The molecule has 0 saturated heterocycles. The number of benzene rings is 1. The number of hydrogen-bond acceptors (Lipinski definition) is 10. The smallest absolute Gasteiger partial charge is 0.337 e. The summed E-state index contributed by atoms with van der Waals surface area (Å²) in [6.45, 7) is 9.42. The molecule has 1 aromatic heterocycles. The number of carbonyl (C=O) groups is 2. The van der Waals surface area contributed by atoms with Crippen molar-refractivity contribution in [2.75, 3.05) is 38.3 Å². The van der Waals surface area contributed by atoms with Crippen molar-refractivity contribution in [1.82, 2.24) is 16.1 Å². The summed E-state index contributed by atoms with van der Waals surface area (Å²) in [5, 5.41) is 19.6. The minimum absolute atomic E-state index is 0.129. The molecular weight excluding hydrogens is 494 g/mol. The summed E-state index contributed by atoms with van der Waals surface area (Å²) in [5.74, 6) is 1.49. The van der Waals surface area contributed by atoms with Crippen molar-refractivity contribution < 1.29 is 33.3 Å². The van der Waals surface area contributed by atoms with Gasteiger partial charge in [-0.25, -0.2) is 9.59 Å². The van der Waals surface area contributed by atoms with Crippen molar-refractivity contribution in [3.8, 4) is 11.5 Å². The summed E-state index contributed by atoms with van der Waals surface area (Å²) < 4.78 is 22.1. The topological polar surface area (TPSA) is 147 Å². The van der Waals surface area contributed by atoms with Crippen LogP contribution in [0.15, 0.2) is 51.1 Å². The third kappa shape index (κ3) is 6.97. The molecule has 0 saturated carbocycles. The Balaban J connectivity index is 1.66. The number of aliphatic hydroxyl groups excluding tert-OH is 1. The lowest BCUT2D eigenvalue weighted by Crippen LogP contribution is -2.45. The molecule has 2 amide bonds. The van der Waals surface area contributed by atoms with Crippen molar-refractivity contribution in [2.24, 2.45) is 5.10 Å². The van der Waals surface area contributed by atoms with Gasteiger partial charge in [0, 0.05) is 24.9 Å². The maximum absolute atomic E-state index is 12.4. The number of ether oxygens (including phenoxy) is 3. The van der Waals surface area contributed by atoms with Gasteiger partial charge in [0.15, 0.2) is 23.6 Å². The first kappa shape index (κ1) is 28.4. The van der Waals surface area contributed by atoms with E-state index in [1.807, 2.05) is 26.8 Å². The number of nitrogens with one attached hydrogen (secondary N) is 3. The lowest BCUT2D eigenvalue weighted by atomic mass is 9.95. The summed E-state index contributed by atoms with van der Waals surface area (Å²) in [4.78, 5) is 26.5. The monoisotopic (exact) mass is 529 g/mol. The molecule has 2 atom stereocenters. The van der Waals surface area contributed by atoms with Crippen molar-refractivity contribution in [3.05, 3.63) is 52.9 Å². The Morgan fingerprint density at radius 3 is 2.66 bits per heavy atom. The Labute approximate surface area is 221 Å². The Morgan fingerprint density at radius 2 is 1.97 bits per heavy atom. The van der Waals surface area contributed by atoms with E-state index >= 15 is 0 Å². The van der Waals surface area contributed by atoms with Crippen LogP contribution >= 0.6 is 0 Å². The third-order valence-corrected chi connectivity index (χ3v) is 5.78. The SMILES string of the molecule is CCOc1cc([C@H]2NC(=O)NC(C)=C2C(=O)OC)ccc1OC[C@H](O)N/N=C\c1ccc(N(CC)CC)o1. The van der Waals surface area contributed by atoms with Crippen molar-refractivity contribution in [1.29, 1.82) is 0 Å². The molecular formula is C26H35N5O7. The molecule has 2 heterocycles. The number of esters is 1. The zero-order valence-electron chi connectivity index (χ0n) is 22.2. The molecule has 12 nitrogen and oxygen atoms in total. The Bertz CT molecular complexity index is 1170. The van der Waals surface area contributed by atoms with Crippen LogP contribution in [0.25, 0.3) is 0 Å². The number of furan rings is 1. The molecule has 1 aliphatic heterocycles. The van der Waals surface area contributed by atoms with E-state index in [9.17, 15) is 14.7 Å². The van der Waals surface area contributed by atoms with E-state index < -0.39 is 24.3 Å². The van der Waals surface area contributed by atoms with Gasteiger partial charge in [0.1, 0.15) is 12.4 Å². The van der Waals surface area contributed by atoms with Gasteiger partial charge in [0.05, 0.1) is 31.5 Å². The van der Waals surface area contributed by atoms with Crippen LogP contribution in [0.5, 0.6) is 11.5 Å². The summed E-state index contributed by atoms with van der Waals surface area (Å²) in [6, 6.07) is 7.51. The van der Waals surface area contributed by atoms with Gasteiger partial charge in [-0.15, -0.1) is 0 Å². The molecule has 12 heteroatoms. The van der Waals surface area contributed by atoms with Crippen LogP contribution in [0, 0.1) is 0 Å². The van der Waals surface area contributed by atoms with Gasteiger partial charge in [-0.3, -0.25) is 5.43 Å². The van der Waals surface area contributed by atoms with Gasteiger partial charge >= 0.3 is 12.0 Å². The van der Waals surface area contributed by atoms with E-state index in [4.69, 9.17) is 18.6 Å². The van der Waals surface area contributed by atoms with Crippen LogP contribution in [0.1, 0.15) is 45.1 Å². The van der Waals surface area contributed by atoms with Crippen LogP contribution in [-0.2, 0) is 9.53 Å². The molecule has 4 N–H and O–H groups in total. The van der Waals surface area contributed by atoms with E-state index in [0.717, 1.165) is 19.0 Å². The van der Waals surface area contributed by atoms with Crippen LogP contribution in [-0.4, -0.2) is 63.0 Å². The normalized spacial score (nSPS) is 16.1. The molecule has 0 bridgehead atoms. The number of nitrogens with zero attached hydrogens (tertiary/aromatic N) is 2. The number of amides is 2. The summed E-state index contributed by atoms with van der Waals surface area (Å²) in [5.41, 5.74) is 3.87. The quantitative estimate of drug-likeness (QED) is 0.133. The van der Waals surface area contributed by atoms with E-state index in [1.165, 1.54) is 13.3 Å². The molecule has 1 aromatic carbocycles. The first-order chi connectivity index (χ1) is 18.3. The number of carbonyl (C=O) groups excluding carboxylic acids is 2. The highest BCUT2D eigenvalue weighted by Gasteiger charge is 2.32. The zero-order valence-corrected chi connectivity index (χ0v) is 22.2. The molecule has 0 aliphatic carbocycles. The fourth-order valence-electron chi connectivity index (χ4n) is 3.93. The standard InChI is InChI=1S/C26H35N5O7/c1-6-31(7-2)22-12-10-18(38-22)14-27-30-21(32)15-37-19-11-9-17(13-20(19)36-8-3)24-23(25(33)35-5)16(4)28-26(34)29-24/h9-14,21,24,30,32H,6-8,15H2,1-5H3,(H2,28,29,34)/b27-14-/t21-,24+/m0/s1. The molecule has 206 valence electrons. The van der Waals surface area contributed by atoms with Crippen LogP contribution in [0.2, 0.25) is 0 Å². The molecule has 1 aliphatic rings. The predicted octanol–water partition coefficient (Wildman–Crippen LogP) is 2.65. The highest BCUT2D eigenvalue weighted by atomic mass is 16.5. The van der Waals surface area contributed by atoms with E-state index in [0.29, 0.717) is 35.1 Å². The van der Waals surface area contributed by atoms with Gasteiger partial charge in [-0.1, -0.05) is 6.07 Å². The van der Waals surface area contributed by atoms with Crippen molar-refractivity contribution >= 4 is 24.1 Å². The molecule has 38 heavy (non-hydrogen) atoms. The van der Waals surface area contributed by atoms with Crippen molar-refractivity contribution in [2.45, 2.75) is 40.0 Å². The van der Waals surface area contributed by atoms with Crippen LogP contribution < -0.4 is 30.4 Å². The van der Waals surface area contributed by atoms with E-state index in [2.05, 4.69) is 26.1 Å². The lowest BCUT2D eigenvalue weighted by Gasteiger charge is -2.28. The maximum Gasteiger partial charge on any atom is 0.337 e. The number of rotatable bonds is 13. The number of urea groups is 1. The minimum atomic E-state index is -1.11. The maximum atomic E-state index is 12.4. The second-order valence-corrected chi connectivity index (χ2v) is 8.26. The number of methoxy groups -OCH3 is 1. The fraction of sp³-hybridized carbons (Fsp3) is 0.423. The first-order valence-corrected chi connectivity index (χ1v) is 12.4. The van der Waals surface area contributed by atoms with Gasteiger partial charge in [0.2, 0.25) is 0 Å². The number of hydrogen-bond donors (Lipinski definition) is 4. The molecule has 0 fully saturated rings. The summed E-state index contributed by atoms with van der Waals surface area (Å²) in [7, 11) is 1.28. The molecule has 0 spiro atoms. The largest absolute Gasteiger partial charge is 0.490 e. The van der Waals surface area contributed by atoms with Crippen LogP contribution in [0.4, 0.5) is 10.7 Å². The highest BCUT2D eigenvalue weighted by molar-refractivity contribution is 5.95. The Kier molecular flexibility index (Phi) is 9.99. The Morgan fingerprint density at radius 1 is 1.21 bits per heavy atom. The Hall–Kier alpha value is -4.19. The van der Waals surface area contributed by atoms with E-state index in [1.54, 1.807) is 31.2 Å². The predicted molar refractivity (Wildman–Crippen MR) is 141 cm³/mol. The second kappa shape index (κ2) is 13.4. The zero-order chi connectivity index (χ0) is 27.7. The average molecular weight is 530 g/mol.